The molecule has 0 nitrogen and oxygen atoms in total. The molecule has 0 radical (unpaired) electrons. The molecule has 3 aromatic rings. The summed E-state index contributed by atoms with van der Waals surface area (Å²) in [5, 5.41) is 4.78. The summed E-state index contributed by atoms with van der Waals surface area (Å²) in [6.07, 6.45) is 0. The fraction of sp³-hybridized carbons (Fsp3) is 0.471. The topological polar surface area (TPSA) is 0 Å². The highest BCUT2D eigenvalue weighted by atomic mass is 31.1. The quantitative estimate of drug-likeness (QED) is 0.171. The summed E-state index contributed by atoms with van der Waals surface area (Å²) < 4.78 is 0. The van der Waals surface area contributed by atoms with Crippen molar-refractivity contribution in [1.82, 2.24) is 0 Å². The van der Waals surface area contributed by atoms with Gasteiger partial charge in [-0.05, 0) is 50.9 Å². The summed E-state index contributed by atoms with van der Waals surface area (Å²) in [4.78, 5) is 0. The zero-order valence-electron chi connectivity index (χ0n) is 25.7. The summed E-state index contributed by atoms with van der Waals surface area (Å²) >= 11 is 0. The first kappa shape index (κ1) is 31.5. The second-order valence-electron chi connectivity index (χ2n) is 12.0. The monoisotopic (exact) mass is 562 g/mol. The molecule has 204 valence electrons. The molecule has 38 heavy (non-hydrogen) atoms. The summed E-state index contributed by atoms with van der Waals surface area (Å²) in [5.74, 6) is 0. The van der Waals surface area contributed by atoms with E-state index in [-0.39, 0.29) is 30.5 Å². The van der Waals surface area contributed by atoms with Crippen LogP contribution < -0.4 is 32.3 Å². The largest absolute Gasteiger partial charge is 0.243 e. The minimum absolute atomic E-state index is 0.257. The van der Waals surface area contributed by atoms with Gasteiger partial charge in [-0.2, -0.15) is 0 Å². The SMILES string of the molecule is CC(C)P(C)c1ccccc1B(c1ccccc1P(C(C)C)C(C)C)c1ccccc1P(C(C)C)C(C)C. The van der Waals surface area contributed by atoms with Crippen LogP contribution in [0.4, 0.5) is 0 Å². The van der Waals surface area contributed by atoms with Crippen LogP contribution in [-0.4, -0.2) is 41.7 Å². The molecule has 3 aromatic carbocycles. The number of rotatable bonds is 11. The predicted molar refractivity (Wildman–Crippen MR) is 185 cm³/mol. The lowest BCUT2D eigenvalue weighted by Gasteiger charge is -2.34. The molecule has 0 saturated heterocycles. The van der Waals surface area contributed by atoms with Gasteiger partial charge in [0.15, 0.2) is 0 Å². The third kappa shape index (κ3) is 7.01. The lowest BCUT2D eigenvalue weighted by atomic mass is 9.36. The Morgan fingerprint density at radius 3 is 1.03 bits per heavy atom. The van der Waals surface area contributed by atoms with Gasteiger partial charge in [0.05, 0.1) is 0 Å². The minimum atomic E-state index is -0.284. The Morgan fingerprint density at radius 1 is 0.421 bits per heavy atom. The lowest BCUT2D eigenvalue weighted by Crippen LogP contribution is -2.63. The van der Waals surface area contributed by atoms with E-state index in [1.54, 1.807) is 15.9 Å². The van der Waals surface area contributed by atoms with E-state index in [1.807, 2.05) is 0 Å². The molecule has 0 fully saturated rings. The highest BCUT2D eigenvalue weighted by Gasteiger charge is 2.34. The van der Waals surface area contributed by atoms with E-state index in [9.17, 15) is 0 Å². The molecular weight excluding hydrogens is 512 g/mol. The van der Waals surface area contributed by atoms with Crippen LogP contribution in [0.5, 0.6) is 0 Å². The molecule has 0 saturated carbocycles. The van der Waals surface area contributed by atoms with Crippen LogP contribution in [0.3, 0.4) is 0 Å². The fourth-order valence-electron chi connectivity index (χ4n) is 6.07. The van der Waals surface area contributed by atoms with E-state index in [4.69, 9.17) is 0 Å². The lowest BCUT2D eigenvalue weighted by molar-refractivity contribution is 1.02. The molecule has 0 N–H and O–H groups in total. The maximum absolute atomic E-state index is 2.48. The van der Waals surface area contributed by atoms with Crippen molar-refractivity contribution in [3.63, 3.8) is 0 Å². The van der Waals surface area contributed by atoms with Crippen molar-refractivity contribution >= 4 is 62.8 Å². The first-order valence-electron chi connectivity index (χ1n) is 14.5. The molecule has 1 atom stereocenters. The summed E-state index contributed by atoms with van der Waals surface area (Å²) in [6, 6.07) is 28.4. The van der Waals surface area contributed by atoms with Crippen LogP contribution in [0.2, 0.25) is 0 Å². The molecule has 0 aliphatic rings. The van der Waals surface area contributed by atoms with E-state index in [1.165, 1.54) is 16.4 Å². The molecule has 0 bridgehead atoms. The standard InChI is InChI=1S/C34H50BP3/c1-24(2)36(11)32-21-15-12-18-29(32)35(30-19-13-16-22-33(30)37(25(3)4)26(5)6)31-20-14-17-23-34(31)38(27(7)8)28(9)10/h12-28H,1-11H3. The second-order valence-corrected chi connectivity index (χ2v) is 21.5. The van der Waals surface area contributed by atoms with Crippen LogP contribution in [0.1, 0.15) is 69.2 Å². The molecule has 1 unspecified atom stereocenters. The van der Waals surface area contributed by atoms with Gasteiger partial charge in [-0.1, -0.05) is 182 Å². The third-order valence-corrected chi connectivity index (χ3v) is 16.8. The van der Waals surface area contributed by atoms with Crippen LogP contribution in [0, 0.1) is 0 Å². The highest BCUT2D eigenvalue weighted by Crippen LogP contribution is 2.45. The molecule has 0 spiro atoms. The Bertz CT molecular complexity index is 1090. The van der Waals surface area contributed by atoms with Crippen molar-refractivity contribution in [2.45, 2.75) is 97.5 Å². The minimum Gasteiger partial charge on any atom is -0.0764 e. The number of hydrogen-bond donors (Lipinski definition) is 0. The van der Waals surface area contributed by atoms with E-state index < -0.39 is 0 Å². The zero-order chi connectivity index (χ0) is 28.1. The van der Waals surface area contributed by atoms with Gasteiger partial charge in [0, 0.05) is 0 Å². The molecule has 0 aliphatic carbocycles. The van der Waals surface area contributed by atoms with Crippen LogP contribution in [0.25, 0.3) is 0 Å². The Labute approximate surface area is 239 Å². The van der Waals surface area contributed by atoms with Crippen molar-refractivity contribution in [3.05, 3.63) is 72.8 Å². The molecule has 0 heterocycles. The molecule has 0 aliphatic heterocycles. The first-order valence-corrected chi connectivity index (χ1v) is 19.3. The van der Waals surface area contributed by atoms with Gasteiger partial charge in [0.1, 0.15) is 0 Å². The highest BCUT2D eigenvalue weighted by molar-refractivity contribution is 7.68. The maximum atomic E-state index is 2.48. The Balaban J connectivity index is 2.44. The molecule has 4 heteroatoms. The summed E-state index contributed by atoms with van der Waals surface area (Å²) in [6.45, 7) is 27.0. The zero-order valence-corrected chi connectivity index (χ0v) is 28.4. The number of hydrogen-bond acceptors (Lipinski definition) is 0. The van der Waals surface area contributed by atoms with Gasteiger partial charge in [-0.15, -0.1) is 0 Å². The molecular formula is C34H50BP3. The number of benzene rings is 3. The van der Waals surface area contributed by atoms with Gasteiger partial charge in [0.25, 0.3) is 0 Å². The Morgan fingerprint density at radius 2 is 0.711 bits per heavy atom. The molecule has 0 aromatic heterocycles. The van der Waals surface area contributed by atoms with E-state index in [2.05, 4.69) is 149 Å². The van der Waals surface area contributed by atoms with Crippen molar-refractivity contribution in [3.8, 4) is 0 Å². The third-order valence-electron chi connectivity index (χ3n) is 7.68. The smallest absolute Gasteiger partial charge is 0.0764 e. The maximum Gasteiger partial charge on any atom is 0.243 e. The summed E-state index contributed by atoms with van der Waals surface area (Å²) in [7, 11) is -0.827. The Kier molecular flexibility index (Phi) is 11.7. The van der Waals surface area contributed by atoms with E-state index in [0.717, 1.165) is 0 Å². The van der Waals surface area contributed by atoms with Gasteiger partial charge >= 0.3 is 0 Å². The van der Waals surface area contributed by atoms with Gasteiger partial charge < -0.3 is 0 Å². The van der Waals surface area contributed by atoms with Crippen molar-refractivity contribution < 1.29 is 0 Å². The average molecular weight is 563 g/mol. The van der Waals surface area contributed by atoms with Crippen LogP contribution in [-0.2, 0) is 0 Å². The first-order chi connectivity index (χ1) is 18.0. The predicted octanol–water partition coefficient (Wildman–Crippen LogP) is 7.20. The van der Waals surface area contributed by atoms with Crippen molar-refractivity contribution in [1.29, 1.82) is 0 Å². The van der Waals surface area contributed by atoms with E-state index in [0.29, 0.717) is 28.3 Å². The van der Waals surface area contributed by atoms with Crippen molar-refractivity contribution in [2.24, 2.45) is 0 Å². The normalized spacial score (nSPS) is 13.1. The summed E-state index contributed by atoms with van der Waals surface area (Å²) in [5.41, 5.74) is 7.87. The van der Waals surface area contributed by atoms with Gasteiger partial charge in [-0.25, -0.2) is 0 Å². The Hall–Kier alpha value is -0.985. The van der Waals surface area contributed by atoms with Crippen LogP contribution >= 0.6 is 23.8 Å². The molecule has 3 rings (SSSR count). The van der Waals surface area contributed by atoms with Crippen molar-refractivity contribution in [2.75, 3.05) is 6.66 Å². The van der Waals surface area contributed by atoms with E-state index >= 15 is 0 Å². The molecule has 0 amide bonds. The average Bonchev–Trinajstić information content (AvgIpc) is 2.85. The second kappa shape index (κ2) is 14.1. The fourth-order valence-corrected chi connectivity index (χ4v) is 13.7. The van der Waals surface area contributed by atoms with Crippen LogP contribution in [0.15, 0.2) is 72.8 Å². The van der Waals surface area contributed by atoms with Gasteiger partial charge in [-0.3, -0.25) is 0 Å². The van der Waals surface area contributed by atoms with Gasteiger partial charge in [0.2, 0.25) is 6.71 Å².